The fraction of sp³-hybridized carbons (Fsp3) is 0.167. The lowest BCUT2D eigenvalue weighted by atomic mass is 10.0. The van der Waals surface area contributed by atoms with Crippen LogP contribution < -0.4 is 10.1 Å². The standard InChI is InChI=1S/C24H22N2O2S/c1-15(2)16-8-10-17(11-9-16)21-14-29-24(25-21)26-23(27)20-12-18-6-4-5-7-19(18)13-22(20)28-3/h4-15H,1-3H3,(H,25,26,27). The number of fused-ring (bicyclic) bond motifs is 1. The zero-order valence-corrected chi connectivity index (χ0v) is 17.4. The van der Waals surface area contributed by atoms with Crippen molar-refractivity contribution in [2.24, 2.45) is 0 Å². The number of carbonyl (C=O) groups is 1. The maximum atomic E-state index is 12.9. The number of nitrogens with zero attached hydrogens (tertiary/aromatic N) is 1. The lowest BCUT2D eigenvalue weighted by Crippen LogP contribution is -2.13. The van der Waals surface area contributed by atoms with Gasteiger partial charge in [-0.25, -0.2) is 4.98 Å². The molecule has 4 rings (SSSR count). The highest BCUT2D eigenvalue weighted by Gasteiger charge is 2.16. The molecule has 0 saturated carbocycles. The van der Waals surface area contributed by atoms with Crippen LogP contribution in [0.2, 0.25) is 0 Å². The minimum atomic E-state index is -0.233. The molecule has 4 aromatic rings. The van der Waals surface area contributed by atoms with Crippen LogP contribution >= 0.6 is 11.3 Å². The van der Waals surface area contributed by atoms with E-state index in [1.807, 2.05) is 41.8 Å². The van der Waals surface area contributed by atoms with Crippen LogP contribution in [-0.4, -0.2) is 18.0 Å². The Morgan fingerprint density at radius 2 is 1.72 bits per heavy atom. The molecule has 1 aromatic heterocycles. The van der Waals surface area contributed by atoms with Gasteiger partial charge in [-0.1, -0.05) is 62.4 Å². The monoisotopic (exact) mass is 402 g/mol. The fourth-order valence-electron chi connectivity index (χ4n) is 3.23. The van der Waals surface area contributed by atoms with Gasteiger partial charge in [-0.2, -0.15) is 0 Å². The van der Waals surface area contributed by atoms with Crippen molar-refractivity contribution in [1.29, 1.82) is 0 Å². The molecule has 146 valence electrons. The molecule has 0 saturated heterocycles. The molecule has 1 amide bonds. The Bertz CT molecular complexity index is 1160. The smallest absolute Gasteiger partial charge is 0.261 e. The van der Waals surface area contributed by atoms with E-state index in [-0.39, 0.29) is 5.91 Å². The number of hydrogen-bond donors (Lipinski definition) is 1. The van der Waals surface area contributed by atoms with E-state index in [0.29, 0.717) is 22.4 Å². The van der Waals surface area contributed by atoms with E-state index >= 15 is 0 Å². The first-order chi connectivity index (χ1) is 14.0. The number of nitrogens with one attached hydrogen (secondary N) is 1. The minimum Gasteiger partial charge on any atom is -0.496 e. The lowest BCUT2D eigenvalue weighted by Gasteiger charge is -2.10. The van der Waals surface area contributed by atoms with Crippen molar-refractivity contribution in [3.8, 4) is 17.0 Å². The second-order valence-corrected chi connectivity index (χ2v) is 8.03. The summed E-state index contributed by atoms with van der Waals surface area (Å²) >= 11 is 1.41. The topological polar surface area (TPSA) is 51.2 Å². The SMILES string of the molecule is COc1cc2ccccc2cc1C(=O)Nc1nc(-c2ccc(C(C)C)cc2)cs1. The number of methoxy groups -OCH3 is 1. The second-order valence-electron chi connectivity index (χ2n) is 7.17. The van der Waals surface area contributed by atoms with Crippen LogP contribution in [0.4, 0.5) is 5.13 Å². The molecule has 1 N–H and O–H groups in total. The van der Waals surface area contributed by atoms with E-state index < -0.39 is 0 Å². The average molecular weight is 403 g/mol. The number of carbonyl (C=O) groups excluding carboxylic acids is 1. The van der Waals surface area contributed by atoms with Gasteiger partial charge in [0.25, 0.3) is 5.91 Å². The number of ether oxygens (including phenoxy) is 1. The molecule has 5 heteroatoms. The van der Waals surface area contributed by atoms with Gasteiger partial charge in [-0.15, -0.1) is 11.3 Å². The van der Waals surface area contributed by atoms with Crippen molar-refractivity contribution >= 4 is 33.1 Å². The number of hydrogen-bond acceptors (Lipinski definition) is 4. The molecule has 29 heavy (non-hydrogen) atoms. The molecule has 1 heterocycles. The van der Waals surface area contributed by atoms with E-state index in [9.17, 15) is 4.79 Å². The van der Waals surface area contributed by atoms with Crippen molar-refractivity contribution in [3.05, 3.63) is 77.2 Å². The Labute approximate surface area is 174 Å². The third kappa shape index (κ3) is 4.00. The molecule has 3 aromatic carbocycles. The largest absolute Gasteiger partial charge is 0.496 e. The predicted molar refractivity (Wildman–Crippen MR) is 120 cm³/mol. The second kappa shape index (κ2) is 8.05. The summed E-state index contributed by atoms with van der Waals surface area (Å²) in [7, 11) is 1.57. The molecule has 0 spiro atoms. The summed E-state index contributed by atoms with van der Waals surface area (Å²) < 4.78 is 5.44. The van der Waals surface area contributed by atoms with E-state index in [1.54, 1.807) is 7.11 Å². The van der Waals surface area contributed by atoms with Crippen molar-refractivity contribution < 1.29 is 9.53 Å². The lowest BCUT2D eigenvalue weighted by molar-refractivity contribution is 0.102. The quantitative estimate of drug-likeness (QED) is 0.423. The Balaban J connectivity index is 1.57. The highest BCUT2D eigenvalue weighted by Crippen LogP contribution is 2.29. The Kier molecular flexibility index (Phi) is 5.32. The molecule has 0 fully saturated rings. The number of benzene rings is 3. The summed E-state index contributed by atoms with van der Waals surface area (Å²) in [4.78, 5) is 17.5. The number of anilines is 1. The van der Waals surface area contributed by atoms with Crippen molar-refractivity contribution in [1.82, 2.24) is 4.98 Å². The van der Waals surface area contributed by atoms with Crippen molar-refractivity contribution in [2.45, 2.75) is 19.8 Å². The van der Waals surface area contributed by atoms with Gasteiger partial charge in [-0.05, 0) is 34.4 Å². The molecule has 0 radical (unpaired) electrons. The molecular formula is C24H22N2O2S. The normalized spacial score (nSPS) is 11.0. The summed E-state index contributed by atoms with van der Waals surface area (Å²) in [5, 5.41) is 7.44. The third-order valence-corrected chi connectivity index (χ3v) is 5.67. The van der Waals surface area contributed by atoms with Crippen molar-refractivity contribution in [3.63, 3.8) is 0 Å². The van der Waals surface area contributed by atoms with E-state index in [2.05, 4.69) is 48.4 Å². The van der Waals surface area contributed by atoms with Gasteiger partial charge in [-0.3, -0.25) is 10.1 Å². The summed E-state index contributed by atoms with van der Waals surface area (Å²) in [5.74, 6) is 0.803. The molecule has 0 atom stereocenters. The average Bonchev–Trinajstić information content (AvgIpc) is 3.21. The number of thiazole rings is 1. The first-order valence-electron chi connectivity index (χ1n) is 9.49. The van der Waals surface area contributed by atoms with Crippen LogP contribution in [-0.2, 0) is 0 Å². The van der Waals surface area contributed by atoms with Crippen LogP contribution in [0, 0.1) is 0 Å². The van der Waals surface area contributed by atoms with Gasteiger partial charge in [0.05, 0.1) is 18.4 Å². The third-order valence-electron chi connectivity index (χ3n) is 4.91. The summed E-state index contributed by atoms with van der Waals surface area (Å²) in [5.41, 5.74) is 3.67. The Morgan fingerprint density at radius 3 is 2.38 bits per heavy atom. The van der Waals surface area contributed by atoms with Gasteiger partial charge in [0.1, 0.15) is 5.75 Å². The van der Waals surface area contributed by atoms with Crippen LogP contribution in [0.5, 0.6) is 5.75 Å². The highest BCUT2D eigenvalue weighted by atomic mass is 32.1. The van der Waals surface area contributed by atoms with Gasteiger partial charge in [0, 0.05) is 10.9 Å². The maximum Gasteiger partial charge on any atom is 0.261 e. The summed E-state index contributed by atoms with van der Waals surface area (Å²) in [6, 6.07) is 20.0. The predicted octanol–water partition coefficient (Wildman–Crippen LogP) is 6.35. The van der Waals surface area contributed by atoms with Gasteiger partial charge < -0.3 is 4.74 Å². The highest BCUT2D eigenvalue weighted by molar-refractivity contribution is 7.14. The molecule has 0 aliphatic carbocycles. The van der Waals surface area contributed by atoms with Crippen LogP contribution in [0.25, 0.3) is 22.0 Å². The zero-order chi connectivity index (χ0) is 20.4. The van der Waals surface area contributed by atoms with Crippen LogP contribution in [0.3, 0.4) is 0 Å². The molecular weight excluding hydrogens is 380 g/mol. The van der Waals surface area contributed by atoms with E-state index in [1.165, 1.54) is 16.9 Å². The Morgan fingerprint density at radius 1 is 1.03 bits per heavy atom. The first-order valence-corrected chi connectivity index (χ1v) is 10.4. The first kappa shape index (κ1) is 19.2. The summed E-state index contributed by atoms with van der Waals surface area (Å²) in [6.07, 6.45) is 0. The van der Waals surface area contributed by atoms with E-state index in [0.717, 1.165) is 22.0 Å². The van der Waals surface area contributed by atoms with Crippen LogP contribution in [0.1, 0.15) is 35.7 Å². The molecule has 0 bridgehead atoms. The van der Waals surface area contributed by atoms with Gasteiger partial charge in [0.2, 0.25) is 0 Å². The maximum absolute atomic E-state index is 12.9. The van der Waals surface area contributed by atoms with Crippen LogP contribution in [0.15, 0.2) is 66.0 Å². The van der Waals surface area contributed by atoms with Gasteiger partial charge in [0.15, 0.2) is 5.13 Å². The van der Waals surface area contributed by atoms with Gasteiger partial charge >= 0.3 is 0 Å². The number of aromatic nitrogens is 1. The fourth-order valence-corrected chi connectivity index (χ4v) is 3.95. The molecule has 0 unspecified atom stereocenters. The summed E-state index contributed by atoms with van der Waals surface area (Å²) in [6.45, 7) is 4.35. The zero-order valence-electron chi connectivity index (χ0n) is 16.6. The molecule has 4 nitrogen and oxygen atoms in total. The number of rotatable bonds is 5. The minimum absolute atomic E-state index is 0.233. The molecule has 0 aliphatic rings. The Hall–Kier alpha value is -3.18. The number of amides is 1. The molecule has 0 aliphatic heterocycles. The van der Waals surface area contributed by atoms with E-state index in [4.69, 9.17) is 4.74 Å². The van der Waals surface area contributed by atoms with Crippen molar-refractivity contribution in [2.75, 3.05) is 12.4 Å².